The van der Waals surface area contributed by atoms with E-state index < -0.39 is 0 Å². The molecule has 20 heavy (non-hydrogen) atoms. The van der Waals surface area contributed by atoms with E-state index >= 15 is 0 Å². The highest BCUT2D eigenvalue weighted by molar-refractivity contribution is 6.31. The van der Waals surface area contributed by atoms with Crippen molar-refractivity contribution in [2.45, 2.75) is 45.8 Å². The lowest BCUT2D eigenvalue weighted by molar-refractivity contribution is 0.403. The minimum absolute atomic E-state index is 0.00420. The standard InChI is InChI=1S/C14H20ClN5/c1-10(11-7-5-6-8-12(11)15)20-13(17-18-19-20)9-16-14(2,3)4/h5-8,10,16H,9H2,1-4H3. The van der Waals surface area contributed by atoms with Gasteiger partial charge in [0.05, 0.1) is 12.6 Å². The Hall–Kier alpha value is -1.46. The summed E-state index contributed by atoms with van der Waals surface area (Å²) in [6.07, 6.45) is 0. The van der Waals surface area contributed by atoms with E-state index in [-0.39, 0.29) is 11.6 Å². The van der Waals surface area contributed by atoms with Crippen LogP contribution in [-0.4, -0.2) is 25.7 Å². The predicted molar refractivity (Wildman–Crippen MR) is 79.7 cm³/mol. The Bertz CT molecular complexity index is 573. The van der Waals surface area contributed by atoms with Gasteiger partial charge in [-0.1, -0.05) is 29.8 Å². The van der Waals surface area contributed by atoms with Gasteiger partial charge in [-0.15, -0.1) is 5.10 Å². The average molecular weight is 294 g/mol. The van der Waals surface area contributed by atoms with Crippen LogP contribution in [-0.2, 0) is 6.54 Å². The first-order valence-electron chi connectivity index (χ1n) is 6.64. The predicted octanol–water partition coefficient (Wildman–Crippen LogP) is 2.82. The third kappa shape index (κ3) is 3.55. The van der Waals surface area contributed by atoms with Crippen LogP contribution in [0.15, 0.2) is 24.3 Å². The second kappa shape index (κ2) is 5.89. The molecular weight excluding hydrogens is 274 g/mol. The van der Waals surface area contributed by atoms with Gasteiger partial charge in [-0.25, -0.2) is 4.68 Å². The van der Waals surface area contributed by atoms with E-state index in [1.54, 1.807) is 4.68 Å². The minimum Gasteiger partial charge on any atom is -0.305 e. The number of aromatic nitrogens is 4. The molecule has 1 N–H and O–H groups in total. The summed E-state index contributed by atoms with van der Waals surface area (Å²) in [4.78, 5) is 0. The van der Waals surface area contributed by atoms with Gasteiger partial charge in [-0.2, -0.15) is 0 Å². The first kappa shape index (κ1) is 14.9. The highest BCUT2D eigenvalue weighted by Crippen LogP contribution is 2.25. The molecule has 0 amide bonds. The van der Waals surface area contributed by atoms with Crippen LogP contribution < -0.4 is 5.32 Å². The lowest BCUT2D eigenvalue weighted by atomic mass is 10.1. The van der Waals surface area contributed by atoms with Gasteiger partial charge in [-0.05, 0) is 49.8 Å². The molecule has 0 aliphatic heterocycles. The summed E-state index contributed by atoms with van der Waals surface area (Å²) < 4.78 is 1.81. The minimum atomic E-state index is -0.00420. The summed E-state index contributed by atoms with van der Waals surface area (Å²) in [6.45, 7) is 8.99. The molecule has 1 atom stereocenters. The van der Waals surface area contributed by atoms with Gasteiger partial charge in [0.25, 0.3) is 0 Å². The number of tetrazole rings is 1. The number of nitrogens with zero attached hydrogens (tertiary/aromatic N) is 4. The molecule has 0 radical (unpaired) electrons. The number of benzene rings is 1. The molecular formula is C14H20ClN5. The number of halogens is 1. The monoisotopic (exact) mass is 293 g/mol. The Morgan fingerprint density at radius 1 is 1.30 bits per heavy atom. The Labute approximate surface area is 124 Å². The van der Waals surface area contributed by atoms with Crippen molar-refractivity contribution in [3.63, 3.8) is 0 Å². The van der Waals surface area contributed by atoms with Gasteiger partial charge < -0.3 is 5.32 Å². The third-order valence-electron chi connectivity index (χ3n) is 3.06. The van der Waals surface area contributed by atoms with E-state index in [1.165, 1.54) is 0 Å². The van der Waals surface area contributed by atoms with Crippen molar-refractivity contribution in [1.29, 1.82) is 0 Å². The van der Waals surface area contributed by atoms with Crippen molar-refractivity contribution in [1.82, 2.24) is 25.5 Å². The van der Waals surface area contributed by atoms with Gasteiger partial charge in [0.15, 0.2) is 5.82 Å². The molecule has 108 valence electrons. The molecule has 5 nitrogen and oxygen atoms in total. The molecule has 1 unspecified atom stereocenters. The molecule has 0 aliphatic carbocycles. The summed E-state index contributed by atoms with van der Waals surface area (Å²) in [5.41, 5.74) is 1.03. The average Bonchev–Trinajstić information content (AvgIpc) is 2.83. The Kier molecular flexibility index (Phi) is 4.40. The quantitative estimate of drug-likeness (QED) is 0.942. The zero-order chi connectivity index (χ0) is 14.8. The van der Waals surface area contributed by atoms with Crippen molar-refractivity contribution < 1.29 is 0 Å². The third-order valence-corrected chi connectivity index (χ3v) is 3.40. The van der Waals surface area contributed by atoms with Crippen LogP contribution in [0.4, 0.5) is 0 Å². The molecule has 2 aromatic rings. The fourth-order valence-electron chi connectivity index (χ4n) is 1.92. The van der Waals surface area contributed by atoms with Gasteiger partial charge >= 0.3 is 0 Å². The molecule has 1 heterocycles. The van der Waals surface area contributed by atoms with Crippen molar-refractivity contribution in [2.75, 3.05) is 0 Å². The zero-order valence-corrected chi connectivity index (χ0v) is 13.0. The smallest absolute Gasteiger partial charge is 0.165 e. The fraction of sp³-hybridized carbons (Fsp3) is 0.500. The molecule has 2 rings (SSSR count). The molecule has 0 saturated heterocycles. The number of nitrogens with one attached hydrogen (secondary N) is 1. The van der Waals surface area contributed by atoms with E-state index in [9.17, 15) is 0 Å². The first-order valence-corrected chi connectivity index (χ1v) is 7.02. The van der Waals surface area contributed by atoms with Crippen LogP contribution in [0.5, 0.6) is 0 Å². The topological polar surface area (TPSA) is 55.6 Å². The fourth-order valence-corrected chi connectivity index (χ4v) is 2.21. The Morgan fingerprint density at radius 3 is 2.65 bits per heavy atom. The maximum absolute atomic E-state index is 6.24. The second-order valence-corrected chi connectivity index (χ2v) is 6.25. The van der Waals surface area contributed by atoms with Crippen molar-refractivity contribution >= 4 is 11.6 Å². The molecule has 1 aromatic heterocycles. The number of hydrogen-bond acceptors (Lipinski definition) is 4. The van der Waals surface area contributed by atoms with Crippen molar-refractivity contribution in [3.8, 4) is 0 Å². The molecule has 6 heteroatoms. The van der Waals surface area contributed by atoms with Gasteiger partial charge in [-0.3, -0.25) is 0 Å². The molecule has 1 aromatic carbocycles. The van der Waals surface area contributed by atoms with Crippen LogP contribution >= 0.6 is 11.6 Å². The van der Waals surface area contributed by atoms with E-state index in [2.05, 4.69) is 41.6 Å². The highest BCUT2D eigenvalue weighted by atomic mass is 35.5. The van der Waals surface area contributed by atoms with Crippen LogP contribution in [0, 0.1) is 0 Å². The summed E-state index contributed by atoms with van der Waals surface area (Å²) in [5.74, 6) is 0.798. The summed E-state index contributed by atoms with van der Waals surface area (Å²) >= 11 is 6.24. The van der Waals surface area contributed by atoms with E-state index in [0.717, 1.165) is 16.4 Å². The van der Waals surface area contributed by atoms with Crippen LogP contribution in [0.3, 0.4) is 0 Å². The van der Waals surface area contributed by atoms with Gasteiger partial charge in [0.2, 0.25) is 0 Å². The Morgan fingerprint density at radius 2 is 2.00 bits per heavy atom. The first-order chi connectivity index (χ1) is 9.38. The number of hydrogen-bond donors (Lipinski definition) is 1. The maximum Gasteiger partial charge on any atom is 0.165 e. The zero-order valence-electron chi connectivity index (χ0n) is 12.3. The Balaban J connectivity index is 2.21. The molecule has 0 bridgehead atoms. The largest absolute Gasteiger partial charge is 0.305 e. The van der Waals surface area contributed by atoms with Crippen LogP contribution in [0.25, 0.3) is 0 Å². The van der Waals surface area contributed by atoms with Crippen molar-refractivity contribution in [3.05, 3.63) is 40.7 Å². The molecule has 0 aliphatic rings. The highest BCUT2D eigenvalue weighted by Gasteiger charge is 2.18. The van der Waals surface area contributed by atoms with Gasteiger partial charge in [0, 0.05) is 10.6 Å². The van der Waals surface area contributed by atoms with Gasteiger partial charge in [0.1, 0.15) is 0 Å². The van der Waals surface area contributed by atoms with E-state index in [1.807, 2.05) is 31.2 Å². The molecule has 0 fully saturated rings. The summed E-state index contributed by atoms with van der Waals surface area (Å²) in [6, 6.07) is 7.76. The van der Waals surface area contributed by atoms with Crippen LogP contribution in [0.1, 0.15) is 45.1 Å². The van der Waals surface area contributed by atoms with Crippen molar-refractivity contribution in [2.24, 2.45) is 0 Å². The molecule has 0 saturated carbocycles. The molecule has 0 spiro atoms. The second-order valence-electron chi connectivity index (χ2n) is 5.84. The van der Waals surface area contributed by atoms with Crippen LogP contribution in [0.2, 0.25) is 5.02 Å². The normalized spacial score (nSPS) is 13.4. The SMILES string of the molecule is CC(c1ccccc1Cl)n1nnnc1CNC(C)(C)C. The number of rotatable bonds is 4. The maximum atomic E-state index is 6.24. The van der Waals surface area contributed by atoms with E-state index in [0.29, 0.717) is 6.54 Å². The van der Waals surface area contributed by atoms with E-state index in [4.69, 9.17) is 11.6 Å². The summed E-state index contributed by atoms with van der Waals surface area (Å²) in [7, 11) is 0. The lowest BCUT2D eigenvalue weighted by Gasteiger charge is -2.21. The lowest BCUT2D eigenvalue weighted by Crippen LogP contribution is -2.36. The summed E-state index contributed by atoms with van der Waals surface area (Å²) in [5, 5.41) is 16.1.